The van der Waals surface area contributed by atoms with E-state index >= 15 is 0 Å². The number of methoxy groups -OCH3 is 2. The van der Waals surface area contributed by atoms with Gasteiger partial charge < -0.3 is 14.6 Å². The summed E-state index contributed by atoms with van der Waals surface area (Å²) in [4.78, 5) is 11.7. The van der Waals surface area contributed by atoms with Gasteiger partial charge in [-0.3, -0.25) is 4.18 Å². The van der Waals surface area contributed by atoms with E-state index in [1.165, 1.54) is 0 Å². The molecule has 1 aliphatic rings. The molecule has 0 aromatic heterocycles. The average molecular weight is 256 g/mol. The van der Waals surface area contributed by atoms with Gasteiger partial charge in [0, 0.05) is 29.4 Å². The molecule has 0 bridgehead atoms. The van der Waals surface area contributed by atoms with Crippen LogP contribution >= 0.6 is 12.0 Å². The Bertz CT molecular complexity index is 446. The first-order valence-corrected chi connectivity index (χ1v) is 5.71. The summed E-state index contributed by atoms with van der Waals surface area (Å²) in [6, 6.07) is 3.58. The number of rotatable bonds is 3. The van der Waals surface area contributed by atoms with Gasteiger partial charge in [0.25, 0.3) is 0 Å². The lowest BCUT2D eigenvalue weighted by Gasteiger charge is -2.22. The highest BCUT2D eigenvalue weighted by Crippen LogP contribution is 2.39. The third kappa shape index (κ3) is 2.32. The molecule has 1 aromatic rings. The van der Waals surface area contributed by atoms with Gasteiger partial charge in [-0.2, -0.15) is 0 Å². The minimum Gasteiger partial charge on any atom is -0.493 e. The number of carbonyl (C=O) groups is 1. The van der Waals surface area contributed by atoms with E-state index in [9.17, 15) is 4.79 Å². The quantitative estimate of drug-likeness (QED) is 0.831. The average Bonchev–Trinajstić information content (AvgIpc) is 2.36. The number of hydrogen-bond acceptors (Lipinski definition) is 5. The largest absolute Gasteiger partial charge is 0.493 e. The molecule has 2 rings (SSSR count). The summed E-state index contributed by atoms with van der Waals surface area (Å²) in [5.74, 6) is 0.243. The van der Waals surface area contributed by atoms with Crippen LogP contribution in [-0.2, 0) is 15.4 Å². The molecule has 0 amide bonds. The zero-order chi connectivity index (χ0) is 12.4. The number of fused-ring (bicyclic) bond motifs is 1. The van der Waals surface area contributed by atoms with Crippen LogP contribution in [0.4, 0.5) is 0 Å². The van der Waals surface area contributed by atoms with Gasteiger partial charge in [0.1, 0.15) is 0 Å². The Kier molecular flexibility index (Phi) is 3.44. The van der Waals surface area contributed by atoms with E-state index in [1.807, 2.05) is 0 Å². The molecule has 92 valence electrons. The molecule has 17 heavy (non-hydrogen) atoms. The van der Waals surface area contributed by atoms with Crippen molar-refractivity contribution < 1.29 is 23.6 Å². The number of carboxylic acids is 1. The number of aliphatic carboxylic acids is 1. The summed E-state index contributed by atoms with van der Waals surface area (Å²) in [7, 11) is 3.10. The molecule has 6 heteroatoms. The van der Waals surface area contributed by atoms with Crippen LogP contribution in [0.5, 0.6) is 11.5 Å². The Morgan fingerprint density at radius 2 is 2.06 bits per heavy atom. The Labute approximate surface area is 103 Å². The predicted molar refractivity (Wildman–Crippen MR) is 61.6 cm³/mol. The van der Waals surface area contributed by atoms with Crippen molar-refractivity contribution in [2.45, 2.75) is 17.4 Å². The van der Waals surface area contributed by atoms with Crippen molar-refractivity contribution in [2.24, 2.45) is 0 Å². The summed E-state index contributed by atoms with van der Waals surface area (Å²) in [5.41, 5.74) is 0.895. The normalized spacial score (nSPS) is 18.4. The summed E-state index contributed by atoms with van der Waals surface area (Å²) in [5, 5.41) is 8.90. The minimum absolute atomic E-state index is 0.331. The number of carboxylic acid groups (broad SMARTS) is 1. The van der Waals surface area contributed by atoms with Crippen molar-refractivity contribution in [1.29, 1.82) is 0 Å². The molecule has 5 nitrogen and oxygen atoms in total. The monoisotopic (exact) mass is 256 g/mol. The van der Waals surface area contributed by atoms with E-state index < -0.39 is 12.1 Å². The fraction of sp³-hybridized carbons (Fsp3) is 0.364. The van der Waals surface area contributed by atoms with Crippen molar-refractivity contribution in [3.05, 3.63) is 17.7 Å². The van der Waals surface area contributed by atoms with Gasteiger partial charge >= 0.3 is 5.97 Å². The number of hydrogen-bond donors (Lipinski definition) is 1. The van der Waals surface area contributed by atoms with E-state index in [2.05, 4.69) is 0 Å². The zero-order valence-corrected chi connectivity index (χ0v) is 10.2. The molecule has 1 heterocycles. The van der Waals surface area contributed by atoms with E-state index in [1.54, 1.807) is 26.4 Å². The van der Waals surface area contributed by atoms with Crippen LogP contribution in [0.2, 0.25) is 0 Å². The molecule has 1 aromatic carbocycles. The Morgan fingerprint density at radius 3 is 2.65 bits per heavy atom. The molecular weight excluding hydrogens is 244 g/mol. The van der Waals surface area contributed by atoms with Gasteiger partial charge in [-0.15, -0.1) is 0 Å². The fourth-order valence-corrected chi connectivity index (χ4v) is 2.39. The SMILES string of the molecule is COc1cc2c(cc1OC)SOC(C(=O)O)C2. The predicted octanol–water partition coefficient (Wildman–Crippen LogP) is 1.74. The first-order chi connectivity index (χ1) is 8.15. The van der Waals surface area contributed by atoms with Crippen LogP contribution in [0.15, 0.2) is 17.0 Å². The van der Waals surface area contributed by atoms with Crippen LogP contribution < -0.4 is 9.47 Å². The van der Waals surface area contributed by atoms with E-state index in [0.29, 0.717) is 17.9 Å². The third-order valence-corrected chi connectivity index (χ3v) is 3.39. The van der Waals surface area contributed by atoms with Gasteiger partial charge in [-0.05, 0) is 11.6 Å². The van der Waals surface area contributed by atoms with Crippen LogP contribution in [0, 0.1) is 0 Å². The van der Waals surface area contributed by atoms with Crippen molar-refractivity contribution in [1.82, 2.24) is 0 Å². The summed E-state index contributed by atoms with van der Waals surface area (Å²) in [6.07, 6.45) is -0.483. The van der Waals surface area contributed by atoms with Crippen molar-refractivity contribution in [3.63, 3.8) is 0 Å². The smallest absolute Gasteiger partial charge is 0.334 e. The van der Waals surface area contributed by atoms with Crippen LogP contribution in [0.1, 0.15) is 5.56 Å². The van der Waals surface area contributed by atoms with Gasteiger partial charge in [0.15, 0.2) is 17.6 Å². The Morgan fingerprint density at radius 1 is 1.41 bits per heavy atom. The Balaban J connectivity index is 2.35. The zero-order valence-electron chi connectivity index (χ0n) is 9.43. The second-order valence-electron chi connectivity index (χ2n) is 3.53. The molecule has 0 fully saturated rings. The molecule has 0 radical (unpaired) electrons. The van der Waals surface area contributed by atoms with Gasteiger partial charge in [-0.1, -0.05) is 0 Å². The van der Waals surface area contributed by atoms with Gasteiger partial charge in [-0.25, -0.2) is 4.79 Å². The maximum Gasteiger partial charge on any atom is 0.334 e. The molecule has 1 atom stereocenters. The molecule has 0 saturated heterocycles. The van der Waals surface area contributed by atoms with E-state index in [0.717, 1.165) is 22.5 Å². The van der Waals surface area contributed by atoms with Gasteiger partial charge in [0.2, 0.25) is 0 Å². The van der Waals surface area contributed by atoms with Crippen molar-refractivity contribution >= 4 is 18.0 Å². The lowest BCUT2D eigenvalue weighted by atomic mass is 10.1. The first-order valence-electron chi connectivity index (χ1n) is 4.96. The Hall–Kier alpha value is -1.40. The highest BCUT2D eigenvalue weighted by molar-refractivity contribution is 7.94. The maximum atomic E-state index is 10.8. The van der Waals surface area contributed by atoms with Crippen LogP contribution in [0.25, 0.3) is 0 Å². The third-order valence-electron chi connectivity index (χ3n) is 2.50. The molecular formula is C11H12O5S. The number of ether oxygens (including phenoxy) is 2. The molecule has 1 aliphatic heterocycles. The maximum absolute atomic E-state index is 10.8. The number of benzene rings is 1. The van der Waals surface area contributed by atoms with Crippen LogP contribution in [0.3, 0.4) is 0 Å². The second kappa shape index (κ2) is 4.85. The minimum atomic E-state index is -0.960. The lowest BCUT2D eigenvalue weighted by molar-refractivity contribution is -0.144. The molecule has 0 spiro atoms. The molecule has 1 unspecified atom stereocenters. The van der Waals surface area contributed by atoms with E-state index in [4.69, 9.17) is 18.8 Å². The summed E-state index contributed by atoms with van der Waals surface area (Å²) >= 11 is 1.06. The highest BCUT2D eigenvalue weighted by atomic mass is 32.2. The summed E-state index contributed by atoms with van der Waals surface area (Å²) < 4.78 is 15.5. The van der Waals surface area contributed by atoms with Crippen LogP contribution in [-0.4, -0.2) is 31.4 Å². The molecule has 1 N–H and O–H groups in total. The standard InChI is InChI=1S/C11H12O5S/c1-14-7-3-6-4-9(11(12)13)16-17-10(6)5-8(7)15-2/h3,5,9H,4H2,1-2H3,(H,12,13). The highest BCUT2D eigenvalue weighted by Gasteiger charge is 2.27. The summed E-state index contributed by atoms with van der Waals surface area (Å²) in [6.45, 7) is 0. The lowest BCUT2D eigenvalue weighted by Crippen LogP contribution is -2.26. The first kappa shape index (κ1) is 12.1. The second-order valence-corrected chi connectivity index (χ2v) is 4.32. The van der Waals surface area contributed by atoms with Gasteiger partial charge in [0.05, 0.1) is 14.2 Å². The van der Waals surface area contributed by atoms with E-state index in [-0.39, 0.29) is 0 Å². The molecule has 0 aliphatic carbocycles. The fourth-order valence-electron chi connectivity index (χ4n) is 1.61. The van der Waals surface area contributed by atoms with Crippen molar-refractivity contribution in [3.8, 4) is 11.5 Å². The topological polar surface area (TPSA) is 65.0 Å². The molecule has 0 saturated carbocycles. The van der Waals surface area contributed by atoms with Crippen molar-refractivity contribution in [2.75, 3.05) is 14.2 Å².